The molecule has 0 spiro atoms. The second kappa shape index (κ2) is 7.96. The highest BCUT2D eigenvalue weighted by atomic mass is 35.5. The number of nitro groups is 1. The van der Waals surface area contributed by atoms with E-state index in [4.69, 9.17) is 4.74 Å². The molecule has 1 atom stereocenters. The molecule has 6 heteroatoms. The predicted molar refractivity (Wildman–Crippen MR) is 76.1 cm³/mol. The van der Waals surface area contributed by atoms with Crippen LogP contribution in [0.2, 0.25) is 0 Å². The Morgan fingerprint density at radius 2 is 2.26 bits per heavy atom. The van der Waals surface area contributed by atoms with E-state index in [-0.39, 0.29) is 18.1 Å². The predicted octanol–water partition coefficient (Wildman–Crippen LogP) is 2.93. The lowest BCUT2D eigenvalue weighted by Gasteiger charge is -2.23. The molecule has 0 radical (unpaired) electrons. The summed E-state index contributed by atoms with van der Waals surface area (Å²) in [6.45, 7) is 1.68. The van der Waals surface area contributed by atoms with E-state index in [1.165, 1.54) is 31.4 Å². The van der Waals surface area contributed by atoms with Crippen LogP contribution >= 0.6 is 12.4 Å². The van der Waals surface area contributed by atoms with Gasteiger partial charge in [-0.3, -0.25) is 10.1 Å². The van der Waals surface area contributed by atoms with Crippen LogP contribution in [-0.4, -0.2) is 24.1 Å². The van der Waals surface area contributed by atoms with Gasteiger partial charge in [0.2, 0.25) is 0 Å². The SMILES string of the molecule is Cl.O=[N+]([O-])c1cccc(OCCC2CCCCN2)c1. The van der Waals surface area contributed by atoms with Crippen LogP contribution in [0.15, 0.2) is 24.3 Å². The first kappa shape index (κ1) is 15.7. The van der Waals surface area contributed by atoms with Crippen LogP contribution in [0.5, 0.6) is 5.75 Å². The molecule has 2 rings (SSSR count). The molecule has 1 fully saturated rings. The molecule has 1 heterocycles. The van der Waals surface area contributed by atoms with Gasteiger partial charge in [0, 0.05) is 12.1 Å². The molecule has 19 heavy (non-hydrogen) atoms. The Labute approximate surface area is 118 Å². The van der Waals surface area contributed by atoms with Crippen molar-refractivity contribution in [2.45, 2.75) is 31.7 Å². The van der Waals surface area contributed by atoms with Crippen LogP contribution in [0.4, 0.5) is 5.69 Å². The molecule has 0 aromatic heterocycles. The smallest absolute Gasteiger partial charge is 0.273 e. The number of nitro benzene ring substituents is 1. The average molecular weight is 287 g/mol. The van der Waals surface area contributed by atoms with E-state index < -0.39 is 4.92 Å². The van der Waals surface area contributed by atoms with Gasteiger partial charge >= 0.3 is 0 Å². The van der Waals surface area contributed by atoms with E-state index in [0.29, 0.717) is 18.4 Å². The van der Waals surface area contributed by atoms with E-state index in [9.17, 15) is 10.1 Å². The van der Waals surface area contributed by atoms with Crippen molar-refractivity contribution in [2.75, 3.05) is 13.2 Å². The topological polar surface area (TPSA) is 64.4 Å². The fourth-order valence-corrected chi connectivity index (χ4v) is 2.18. The van der Waals surface area contributed by atoms with Gasteiger partial charge in [-0.15, -0.1) is 12.4 Å². The van der Waals surface area contributed by atoms with Crippen molar-refractivity contribution >= 4 is 18.1 Å². The first-order chi connectivity index (χ1) is 8.75. The molecule has 1 aromatic carbocycles. The van der Waals surface area contributed by atoms with Gasteiger partial charge in [0.25, 0.3) is 5.69 Å². The Hall–Kier alpha value is -1.33. The van der Waals surface area contributed by atoms with E-state index in [2.05, 4.69) is 5.32 Å². The van der Waals surface area contributed by atoms with E-state index in [1.807, 2.05) is 0 Å². The number of hydrogen-bond acceptors (Lipinski definition) is 4. The maximum absolute atomic E-state index is 10.6. The largest absolute Gasteiger partial charge is 0.493 e. The number of ether oxygens (including phenoxy) is 1. The minimum atomic E-state index is -0.407. The number of nitrogens with one attached hydrogen (secondary N) is 1. The molecule has 106 valence electrons. The average Bonchev–Trinajstić information content (AvgIpc) is 2.40. The third-order valence-corrected chi connectivity index (χ3v) is 3.18. The highest BCUT2D eigenvalue weighted by molar-refractivity contribution is 5.85. The van der Waals surface area contributed by atoms with Gasteiger partial charge in [0.15, 0.2) is 0 Å². The summed E-state index contributed by atoms with van der Waals surface area (Å²) < 4.78 is 5.56. The van der Waals surface area contributed by atoms with Crippen molar-refractivity contribution in [3.63, 3.8) is 0 Å². The zero-order chi connectivity index (χ0) is 12.8. The molecule has 0 amide bonds. The number of non-ortho nitro benzene ring substituents is 1. The molecule has 0 bridgehead atoms. The summed E-state index contributed by atoms with van der Waals surface area (Å²) in [5, 5.41) is 14.1. The molecule has 1 unspecified atom stereocenters. The van der Waals surface area contributed by atoms with E-state index >= 15 is 0 Å². The van der Waals surface area contributed by atoms with Gasteiger partial charge in [-0.25, -0.2) is 0 Å². The third kappa shape index (κ3) is 5.04. The van der Waals surface area contributed by atoms with Gasteiger partial charge in [0.05, 0.1) is 17.6 Å². The lowest BCUT2D eigenvalue weighted by atomic mass is 10.0. The maximum atomic E-state index is 10.6. The van der Waals surface area contributed by atoms with Crippen molar-refractivity contribution in [3.05, 3.63) is 34.4 Å². The van der Waals surface area contributed by atoms with Gasteiger partial charge in [-0.2, -0.15) is 0 Å². The van der Waals surface area contributed by atoms with Gasteiger partial charge in [-0.05, 0) is 31.9 Å². The summed E-state index contributed by atoms with van der Waals surface area (Å²) in [4.78, 5) is 10.2. The van der Waals surface area contributed by atoms with Crippen LogP contribution in [0.3, 0.4) is 0 Å². The Morgan fingerprint density at radius 1 is 1.42 bits per heavy atom. The Balaban J connectivity index is 0.00000180. The molecule has 1 aliphatic heterocycles. The van der Waals surface area contributed by atoms with Crippen molar-refractivity contribution < 1.29 is 9.66 Å². The number of halogens is 1. The van der Waals surface area contributed by atoms with Gasteiger partial charge in [-0.1, -0.05) is 12.5 Å². The molecule has 1 N–H and O–H groups in total. The van der Waals surface area contributed by atoms with Crippen molar-refractivity contribution in [3.8, 4) is 5.75 Å². The van der Waals surface area contributed by atoms with Gasteiger partial charge in [0.1, 0.15) is 5.75 Å². The van der Waals surface area contributed by atoms with Crippen molar-refractivity contribution in [1.82, 2.24) is 5.32 Å². The summed E-state index contributed by atoms with van der Waals surface area (Å²) in [5.74, 6) is 0.569. The van der Waals surface area contributed by atoms with Gasteiger partial charge < -0.3 is 10.1 Å². The minimum Gasteiger partial charge on any atom is -0.493 e. The Bertz CT molecular complexity index is 409. The zero-order valence-electron chi connectivity index (χ0n) is 10.7. The fraction of sp³-hybridized carbons (Fsp3) is 0.538. The molecule has 5 nitrogen and oxygen atoms in total. The van der Waals surface area contributed by atoms with Crippen molar-refractivity contribution in [1.29, 1.82) is 0 Å². The molecular weight excluding hydrogens is 268 g/mol. The standard InChI is InChI=1S/C13H18N2O3.ClH/c16-15(17)12-5-3-6-13(10-12)18-9-7-11-4-1-2-8-14-11;/h3,5-6,10-11,14H,1-2,4,7-9H2;1H. The molecular formula is C13H19ClN2O3. The van der Waals surface area contributed by atoms with Crippen LogP contribution in [0.1, 0.15) is 25.7 Å². The number of rotatable bonds is 5. The second-order valence-electron chi connectivity index (χ2n) is 4.54. The third-order valence-electron chi connectivity index (χ3n) is 3.18. The maximum Gasteiger partial charge on any atom is 0.273 e. The lowest BCUT2D eigenvalue weighted by molar-refractivity contribution is -0.384. The van der Waals surface area contributed by atoms with Crippen LogP contribution in [0, 0.1) is 10.1 Å². The summed E-state index contributed by atoms with van der Waals surface area (Å²) in [6.07, 6.45) is 4.66. The van der Waals surface area contributed by atoms with Crippen LogP contribution in [-0.2, 0) is 0 Å². The Kier molecular flexibility index (Phi) is 6.59. The normalized spacial score (nSPS) is 18.4. The number of benzene rings is 1. The number of piperidine rings is 1. The molecule has 0 saturated carbocycles. The number of nitrogens with zero attached hydrogens (tertiary/aromatic N) is 1. The second-order valence-corrected chi connectivity index (χ2v) is 4.54. The molecule has 1 aliphatic rings. The highest BCUT2D eigenvalue weighted by Crippen LogP contribution is 2.19. The van der Waals surface area contributed by atoms with Crippen LogP contribution in [0.25, 0.3) is 0 Å². The fourth-order valence-electron chi connectivity index (χ4n) is 2.18. The summed E-state index contributed by atoms with van der Waals surface area (Å²) in [5.41, 5.74) is 0.0725. The highest BCUT2D eigenvalue weighted by Gasteiger charge is 2.12. The number of hydrogen-bond donors (Lipinski definition) is 1. The van der Waals surface area contributed by atoms with E-state index in [1.54, 1.807) is 12.1 Å². The molecule has 1 aromatic rings. The summed E-state index contributed by atoms with van der Waals surface area (Å²) >= 11 is 0. The van der Waals surface area contributed by atoms with Crippen molar-refractivity contribution in [2.24, 2.45) is 0 Å². The zero-order valence-corrected chi connectivity index (χ0v) is 11.5. The summed E-state index contributed by atoms with van der Waals surface area (Å²) in [6, 6.07) is 6.86. The minimum absolute atomic E-state index is 0. The summed E-state index contributed by atoms with van der Waals surface area (Å²) in [7, 11) is 0. The Morgan fingerprint density at radius 3 is 2.95 bits per heavy atom. The van der Waals surface area contributed by atoms with E-state index in [0.717, 1.165) is 13.0 Å². The quantitative estimate of drug-likeness (QED) is 0.668. The lowest BCUT2D eigenvalue weighted by Crippen LogP contribution is -2.35. The van der Waals surface area contributed by atoms with Crippen LogP contribution < -0.4 is 10.1 Å². The molecule has 0 aliphatic carbocycles. The monoisotopic (exact) mass is 286 g/mol. The molecule has 1 saturated heterocycles. The first-order valence-corrected chi connectivity index (χ1v) is 6.36. The first-order valence-electron chi connectivity index (χ1n) is 6.36.